The summed E-state index contributed by atoms with van der Waals surface area (Å²) in [5.74, 6) is 1.60. The van der Waals surface area contributed by atoms with Gasteiger partial charge in [0.05, 0.1) is 12.7 Å². The molecule has 0 heterocycles. The van der Waals surface area contributed by atoms with Crippen molar-refractivity contribution >= 4 is 5.84 Å². The molecule has 0 aliphatic heterocycles. The van der Waals surface area contributed by atoms with Crippen molar-refractivity contribution in [2.75, 3.05) is 14.2 Å². The molecule has 0 amide bonds. The average molecular weight is 289 g/mol. The van der Waals surface area contributed by atoms with Crippen molar-refractivity contribution in [2.24, 2.45) is 11.7 Å². The summed E-state index contributed by atoms with van der Waals surface area (Å²) >= 11 is 0. The number of benzene rings is 1. The maximum absolute atomic E-state index is 7.66. The molecule has 0 bridgehead atoms. The zero-order valence-electron chi connectivity index (χ0n) is 13.4. The van der Waals surface area contributed by atoms with E-state index in [0.29, 0.717) is 17.4 Å². The number of rotatable bonds is 5. The van der Waals surface area contributed by atoms with Gasteiger partial charge in [-0.1, -0.05) is 13.0 Å². The number of amidine groups is 1. The van der Waals surface area contributed by atoms with Crippen molar-refractivity contribution in [2.45, 2.75) is 45.2 Å². The van der Waals surface area contributed by atoms with E-state index < -0.39 is 0 Å². The van der Waals surface area contributed by atoms with Crippen LogP contribution in [0.15, 0.2) is 18.2 Å². The molecular formula is C17H27N3O. The summed E-state index contributed by atoms with van der Waals surface area (Å²) in [6.45, 7) is 3.24. The largest absolute Gasteiger partial charge is 0.496 e. The molecular weight excluding hydrogens is 262 g/mol. The van der Waals surface area contributed by atoms with Crippen molar-refractivity contribution < 1.29 is 4.74 Å². The van der Waals surface area contributed by atoms with Crippen LogP contribution in [0.1, 0.15) is 43.7 Å². The Morgan fingerprint density at radius 1 is 1.33 bits per heavy atom. The second-order valence-electron chi connectivity index (χ2n) is 6.28. The molecule has 4 nitrogen and oxygen atoms in total. The van der Waals surface area contributed by atoms with Gasteiger partial charge >= 0.3 is 0 Å². The molecule has 21 heavy (non-hydrogen) atoms. The number of nitrogens with zero attached hydrogens (tertiary/aromatic N) is 1. The monoisotopic (exact) mass is 289 g/mol. The summed E-state index contributed by atoms with van der Waals surface area (Å²) in [5.41, 5.74) is 7.50. The zero-order valence-corrected chi connectivity index (χ0v) is 13.4. The van der Waals surface area contributed by atoms with Gasteiger partial charge in [-0.2, -0.15) is 0 Å². The van der Waals surface area contributed by atoms with Gasteiger partial charge < -0.3 is 10.5 Å². The van der Waals surface area contributed by atoms with Gasteiger partial charge in [0, 0.05) is 12.6 Å². The summed E-state index contributed by atoms with van der Waals surface area (Å²) in [4.78, 5) is 2.43. The van der Waals surface area contributed by atoms with E-state index >= 15 is 0 Å². The fourth-order valence-electron chi connectivity index (χ4n) is 3.16. The molecule has 1 aromatic rings. The standard InChI is InChI=1S/C17H27N3O/c1-12-4-7-14(8-5-12)20(2)11-13-6-9-16(21-3)15(10-13)17(18)19/h6,9-10,12,14H,4-5,7-8,11H2,1-3H3,(H3,18,19). The lowest BCUT2D eigenvalue weighted by Gasteiger charge is -2.33. The van der Waals surface area contributed by atoms with Crippen LogP contribution >= 0.6 is 0 Å². The Morgan fingerprint density at radius 2 is 2.00 bits per heavy atom. The molecule has 1 aromatic carbocycles. The van der Waals surface area contributed by atoms with Crippen molar-refractivity contribution in [3.8, 4) is 5.75 Å². The van der Waals surface area contributed by atoms with E-state index in [1.54, 1.807) is 7.11 Å². The fourth-order valence-corrected chi connectivity index (χ4v) is 3.16. The Labute approximate surface area is 127 Å². The van der Waals surface area contributed by atoms with E-state index in [1.807, 2.05) is 12.1 Å². The van der Waals surface area contributed by atoms with Crippen LogP contribution in [0.4, 0.5) is 0 Å². The molecule has 116 valence electrons. The van der Waals surface area contributed by atoms with Crippen molar-refractivity contribution in [3.05, 3.63) is 29.3 Å². The molecule has 0 spiro atoms. The number of hydrogen-bond acceptors (Lipinski definition) is 3. The van der Waals surface area contributed by atoms with Gasteiger partial charge in [0.2, 0.25) is 0 Å². The van der Waals surface area contributed by atoms with E-state index in [4.69, 9.17) is 15.9 Å². The van der Waals surface area contributed by atoms with E-state index in [0.717, 1.165) is 12.5 Å². The number of nitrogens with two attached hydrogens (primary N) is 1. The molecule has 2 rings (SSSR count). The molecule has 0 atom stereocenters. The van der Waals surface area contributed by atoms with Crippen molar-refractivity contribution in [1.82, 2.24) is 4.90 Å². The maximum atomic E-state index is 7.66. The molecule has 0 aromatic heterocycles. The van der Waals surface area contributed by atoms with Crippen LogP contribution in [0.5, 0.6) is 5.75 Å². The number of hydrogen-bond donors (Lipinski definition) is 2. The minimum absolute atomic E-state index is 0.0582. The first-order valence-electron chi connectivity index (χ1n) is 7.72. The number of methoxy groups -OCH3 is 1. The molecule has 1 aliphatic carbocycles. The van der Waals surface area contributed by atoms with Crippen LogP contribution in [0, 0.1) is 11.3 Å². The fraction of sp³-hybridized carbons (Fsp3) is 0.588. The summed E-state index contributed by atoms with van der Waals surface area (Å²) in [7, 11) is 3.80. The zero-order chi connectivity index (χ0) is 15.4. The highest BCUT2D eigenvalue weighted by Gasteiger charge is 2.21. The first kappa shape index (κ1) is 15.8. The van der Waals surface area contributed by atoms with Crippen LogP contribution < -0.4 is 10.5 Å². The summed E-state index contributed by atoms with van der Waals surface area (Å²) < 4.78 is 5.26. The topological polar surface area (TPSA) is 62.3 Å². The lowest BCUT2D eigenvalue weighted by Crippen LogP contribution is -2.34. The molecule has 1 fully saturated rings. The minimum atomic E-state index is 0.0582. The SMILES string of the molecule is COc1ccc(CN(C)C2CCC(C)CC2)cc1C(=N)N. The van der Waals surface area contributed by atoms with Gasteiger partial charge in [0.15, 0.2) is 0 Å². The highest BCUT2D eigenvalue weighted by atomic mass is 16.5. The molecule has 1 aliphatic rings. The second-order valence-corrected chi connectivity index (χ2v) is 6.28. The van der Waals surface area contributed by atoms with Gasteiger partial charge in [-0.05, 0) is 56.3 Å². The smallest absolute Gasteiger partial charge is 0.129 e. The van der Waals surface area contributed by atoms with Crippen molar-refractivity contribution in [3.63, 3.8) is 0 Å². The molecule has 0 radical (unpaired) electrons. The quantitative estimate of drug-likeness (QED) is 0.647. The van der Waals surface area contributed by atoms with Crippen LogP contribution in [-0.2, 0) is 6.54 Å². The van der Waals surface area contributed by atoms with Gasteiger partial charge in [-0.15, -0.1) is 0 Å². The normalized spacial score (nSPS) is 22.3. The van der Waals surface area contributed by atoms with E-state index in [-0.39, 0.29) is 5.84 Å². The number of nitrogens with one attached hydrogen (secondary N) is 1. The Kier molecular flexibility index (Phi) is 5.23. The van der Waals surface area contributed by atoms with Gasteiger partial charge in [0.1, 0.15) is 11.6 Å². The van der Waals surface area contributed by atoms with Crippen molar-refractivity contribution in [1.29, 1.82) is 5.41 Å². The Hall–Kier alpha value is -1.55. The summed E-state index contributed by atoms with van der Waals surface area (Å²) in [6.07, 6.45) is 5.23. The molecule has 4 heteroatoms. The predicted octanol–water partition coefficient (Wildman–Crippen LogP) is 2.99. The average Bonchev–Trinajstić information content (AvgIpc) is 2.47. The number of ether oxygens (including phenoxy) is 1. The van der Waals surface area contributed by atoms with Crippen LogP contribution in [0.3, 0.4) is 0 Å². The van der Waals surface area contributed by atoms with E-state index in [9.17, 15) is 0 Å². The first-order chi connectivity index (χ1) is 10.0. The number of nitrogen functional groups attached to an aromatic ring is 1. The van der Waals surface area contributed by atoms with Gasteiger partial charge in [-0.25, -0.2) is 0 Å². The van der Waals surface area contributed by atoms with E-state index in [1.165, 1.54) is 31.2 Å². The predicted molar refractivity (Wildman–Crippen MR) is 86.9 cm³/mol. The Bertz CT molecular complexity index is 493. The lowest BCUT2D eigenvalue weighted by atomic mass is 9.86. The maximum Gasteiger partial charge on any atom is 0.129 e. The van der Waals surface area contributed by atoms with Gasteiger partial charge in [0.25, 0.3) is 0 Å². The third-order valence-corrected chi connectivity index (χ3v) is 4.59. The first-order valence-corrected chi connectivity index (χ1v) is 7.72. The molecule has 0 unspecified atom stereocenters. The molecule has 1 saturated carbocycles. The lowest BCUT2D eigenvalue weighted by molar-refractivity contribution is 0.164. The highest BCUT2D eigenvalue weighted by Crippen LogP contribution is 2.28. The van der Waals surface area contributed by atoms with Crippen LogP contribution in [0.25, 0.3) is 0 Å². The van der Waals surface area contributed by atoms with E-state index in [2.05, 4.69) is 24.9 Å². The minimum Gasteiger partial charge on any atom is -0.496 e. The van der Waals surface area contributed by atoms with Gasteiger partial charge in [-0.3, -0.25) is 10.3 Å². The summed E-state index contributed by atoms with van der Waals surface area (Å²) in [5, 5.41) is 7.66. The third-order valence-electron chi connectivity index (χ3n) is 4.59. The Balaban J connectivity index is 2.05. The molecule has 3 N–H and O–H groups in total. The third kappa shape index (κ3) is 3.97. The highest BCUT2D eigenvalue weighted by molar-refractivity contribution is 5.97. The summed E-state index contributed by atoms with van der Waals surface area (Å²) in [6, 6.07) is 6.61. The second kappa shape index (κ2) is 6.94. The molecule has 0 saturated heterocycles. The van der Waals surface area contributed by atoms with Crippen LogP contribution in [-0.4, -0.2) is 30.9 Å². The van der Waals surface area contributed by atoms with Crippen LogP contribution in [0.2, 0.25) is 0 Å². The Morgan fingerprint density at radius 3 is 2.57 bits per heavy atom.